The predicted octanol–water partition coefficient (Wildman–Crippen LogP) is 4.74. The summed E-state index contributed by atoms with van der Waals surface area (Å²) in [5.41, 5.74) is 11.9. The van der Waals surface area contributed by atoms with E-state index in [1.165, 1.54) is 35.3 Å². The number of nitrogens with two attached hydrogens (primary N) is 1. The molecule has 0 radical (unpaired) electrons. The SMILES string of the molecule is Nc1ccc(NC(=S)NN=Cc2ccc(-c3ncn(-c4ccc(OC(F)(F)F)cc4)n3)cc2)cc1. The van der Waals surface area contributed by atoms with E-state index < -0.39 is 6.36 Å². The van der Waals surface area contributed by atoms with E-state index in [-0.39, 0.29) is 5.75 Å². The highest BCUT2D eigenvalue weighted by atomic mass is 32.1. The maximum Gasteiger partial charge on any atom is 0.573 e. The third-order valence-corrected chi connectivity index (χ3v) is 4.74. The Labute approximate surface area is 203 Å². The van der Waals surface area contributed by atoms with E-state index in [9.17, 15) is 13.2 Å². The van der Waals surface area contributed by atoms with E-state index >= 15 is 0 Å². The lowest BCUT2D eigenvalue weighted by molar-refractivity contribution is -0.274. The van der Waals surface area contributed by atoms with Gasteiger partial charge in [-0.25, -0.2) is 9.67 Å². The number of nitrogens with zero attached hydrogens (tertiary/aromatic N) is 4. The number of aromatic nitrogens is 3. The molecule has 4 aromatic rings. The van der Waals surface area contributed by atoms with Crippen LogP contribution in [0.2, 0.25) is 0 Å². The molecule has 0 unspecified atom stereocenters. The monoisotopic (exact) mass is 497 g/mol. The Morgan fingerprint density at radius 1 is 1.00 bits per heavy atom. The zero-order chi connectivity index (χ0) is 24.8. The minimum Gasteiger partial charge on any atom is -0.406 e. The second-order valence-corrected chi connectivity index (χ2v) is 7.53. The van der Waals surface area contributed by atoms with Crippen LogP contribution in [0.5, 0.6) is 5.75 Å². The van der Waals surface area contributed by atoms with E-state index in [0.717, 1.165) is 16.8 Å². The first kappa shape index (κ1) is 23.7. The lowest BCUT2D eigenvalue weighted by atomic mass is 10.1. The number of nitrogen functional groups attached to an aromatic ring is 1. The Bertz CT molecular complexity index is 1320. The van der Waals surface area contributed by atoms with Gasteiger partial charge < -0.3 is 15.8 Å². The Balaban J connectivity index is 1.34. The molecule has 0 atom stereocenters. The molecule has 12 heteroatoms. The van der Waals surface area contributed by atoms with Gasteiger partial charge in [-0.05, 0) is 66.3 Å². The molecule has 3 aromatic carbocycles. The van der Waals surface area contributed by atoms with Crippen molar-refractivity contribution in [3.63, 3.8) is 0 Å². The van der Waals surface area contributed by atoms with E-state index in [4.69, 9.17) is 18.0 Å². The number of hydrogen-bond acceptors (Lipinski definition) is 6. The molecule has 4 rings (SSSR count). The molecule has 0 aliphatic rings. The molecular formula is C23H18F3N7OS. The van der Waals surface area contributed by atoms with Gasteiger partial charge in [0.2, 0.25) is 0 Å². The van der Waals surface area contributed by atoms with Crippen LogP contribution in [-0.2, 0) is 0 Å². The molecule has 0 saturated carbocycles. The molecule has 1 heterocycles. The summed E-state index contributed by atoms with van der Waals surface area (Å²) < 4.78 is 42.3. The van der Waals surface area contributed by atoms with Crippen molar-refractivity contribution in [3.05, 3.63) is 84.7 Å². The number of benzene rings is 3. The topological polar surface area (TPSA) is 102 Å². The van der Waals surface area contributed by atoms with Crippen molar-refractivity contribution >= 4 is 34.9 Å². The molecule has 0 bridgehead atoms. The maximum atomic E-state index is 12.3. The zero-order valence-corrected chi connectivity index (χ0v) is 18.7. The summed E-state index contributed by atoms with van der Waals surface area (Å²) in [7, 11) is 0. The van der Waals surface area contributed by atoms with Crippen LogP contribution < -0.4 is 21.2 Å². The van der Waals surface area contributed by atoms with Gasteiger partial charge >= 0.3 is 6.36 Å². The second-order valence-electron chi connectivity index (χ2n) is 7.12. The molecule has 35 heavy (non-hydrogen) atoms. The number of hydrazone groups is 1. The van der Waals surface area contributed by atoms with Gasteiger partial charge in [-0.3, -0.25) is 5.43 Å². The summed E-state index contributed by atoms with van der Waals surface area (Å²) in [6.45, 7) is 0. The van der Waals surface area contributed by atoms with Crippen molar-refractivity contribution < 1.29 is 17.9 Å². The number of thiocarbonyl (C=S) groups is 1. The van der Waals surface area contributed by atoms with Gasteiger partial charge in [-0.1, -0.05) is 24.3 Å². The number of halogens is 3. The van der Waals surface area contributed by atoms with Crippen molar-refractivity contribution in [2.24, 2.45) is 5.10 Å². The summed E-state index contributed by atoms with van der Waals surface area (Å²) in [6, 6.07) is 19.8. The van der Waals surface area contributed by atoms with E-state index in [0.29, 0.717) is 22.3 Å². The zero-order valence-electron chi connectivity index (χ0n) is 17.9. The molecule has 4 N–H and O–H groups in total. The fraction of sp³-hybridized carbons (Fsp3) is 0.0435. The lowest BCUT2D eigenvalue weighted by Gasteiger charge is -2.09. The number of hydrogen-bond donors (Lipinski definition) is 3. The van der Waals surface area contributed by atoms with Crippen LogP contribution in [0.3, 0.4) is 0 Å². The molecule has 0 spiro atoms. The lowest BCUT2D eigenvalue weighted by Crippen LogP contribution is -2.23. The van der Waals surface area contributed by atoms with Crippen LogP contribution >= 0.6 is 12.2 Å². The molecule has 8 nitrogen and oxygen atoms in total. The quantitative estimate of drug-likeness (QED) is 0.153. The van der Waals surface area contributed by atoms with E-state index in [1.54, 1.807) is 30.5 Å². The number of nitrogens with one attached hydrogen (secondary N) is 2. The van der Waals surface area contributed by atoms with Crippen LogP contribution in [0.1, 0.15) is 5.56 Å². The van der Waals surface area contributed by atoms with Gasteiger partial charge in [0.05, 0.1) is 11.9 Å². The fourth-order valence-electron chi connectivity index (χ4n) is 2.93. The summed E-state index contributed by atoms with van der Waals surface area (Å²) in [5, 5.41) is 11.8. The third kappa shape index (κ3) is 6.77. The Hall–Kier alpha value is -4.45. The first-order valence-electron chi connectivity index (χ1n) is 10.1. The molecule has 0 aliphatic carbocycles. The molecule has 0 amide bonds. The van der Waals surface area contributed by atoms with Crippen LogP contribution in [-0.4, -0.2) is 32.5 Å². The van der Waals surface area contributed by atoms with Gasteiger partial charge in [0.1, 0.15) is 12.1 Å². The summed E-state index contributed by atoms with van der Waals surface area (Å²) in [6.07, 6.45) is -1.66. The van der Waals surface area contributed by atoms with Crippen molar-refractivity contribution in [2.45, 2.75) is 6.36 Å². The Morgan fingerprint density at radius 2 is 1.69 bits per heavy atom. The van der Waals surface area contributed by atoms with Crippen LogP contribution in [0.4, 0.5) is 24.5 Å². The average molecular weight is 498 g/mol. The fourth-order valence-corrected chi connectivity index (χ4v) is 3.10. The smallest absolute Gasteiger partial charge is 0.406 e. The first-order valence-corrected chi connectivity index (χ1v) is 10.5. The molecule has 0 aliphatic heterocycles. The normalized spacial score (nSPS) is 11.4. The van der Waals surface area contributed by atoms with Crippen molar-refractivity contribution in [1.29, 1.82) is 0 Å². The third-order valence-electron chi connectivity index (χ3n) is 4.54. The van der Waals surface area contributed by atoms with Gasteiger partial charge in [0.25, 0.3) is 0 Å². The molecule has 178 valence electrons. The Morgan fingerprint density at radius 3 is 2.34 bits per heavy atom. The highest BCUT2D eigenvalue weighted by Crippen LogP contribution is 2.24. The molecule has 0 fully saturated rings. The summed E-state index contributed by atoms with van der Waals surface area (Å²) >= 11 is 5.20. The predicted molar refractivity (Wildman–Crippen MR) is 131 cm³/mol. The van der Waals surface area contributed by atoms with Gasteiger partial charge in [-0.2, -0.15) is 5.10 Å². The van der Waals surface area contributed by atoms with E-state index in [1.807, 2.05) is 24.3 Å². The average Bonchev–Trinajstić information content (AvgIpc) is 3.31. The standard InChI is InChI=1S/C23H18F3N7OS/c24-23(25,26)34-20-11-9-19(10-12-20)33-14-28-21(32-33)16-3-1-15(2-4-16)13-29-31-22(35)30-18-7-5-17(27)6-8-18/h1-14H,27H2,(H2,30,31,35). The van der Waals surface area contributed by atoms with Crippen molar-refractivity contribution in [2.75, 3.05) is 11.1 Å². The van der Waals surface area contributed by atoms with Gasteiger partial charge in [0.15, 0.2) is 10.9 Å². The molecular weight excluding hydrogens is 479 g/mol. The van der Waals surface area contributed by atoms with Crippen LogP contribution in [0, 0.1) is 0 Å². The summed E-state index contributed by atoms with van der Waals surface area (Å²) in [4.78, 5) is 4.27. The van der Waals surface area contributed by atoms with Crippen LogP contribution in [0.15, 0.2) is 84.2 Å². The van der Waals surface area contributed by atoms with Gasteiger partial charge in [0, 0.05) is 16.9 Å². The molecule has 0 saturated heterocycles. The largest absolute Gasteiger partial charge is 0.573 e. The van der Waals surface area contributed by atoms with E-state index in [2.05, 4.69) is 30.7 Å². The molecule has 1 aromatic heterocycles. The second kappa shape index (κ2) is 10.2. The minimum atomic E-state index is -4.74. The highest BCUT2D eigenvalue weighted by molar-refractivity contribution is 7.80. The van der Waals surface area contributed by atoms with Crippen molar-refractivity contribution in [1.82, 2.24) is 20.2 Å². The number of alkyl halides is 3. The van der Waals surface area contributed by atoms with Crippen LogP contribution in [0.25, 0.3) is 17.1 Å². The highest BCUT2D eigenvalue weighted by Gasteiger charge is 2.31. The maximum absolute atomic E-state index is 12.3. The number of anilines is 2. The summed E-state index contributed by atoms with van der Waals surface area (Å²) in [5.74, 6) is 0.145. The minimum absolute atomic E-state index is 0.310. The number of rotatable bonds is 6. The number of ether oxygens (including phenoxy) is 1. The Kier molecular flexibility index (Phi) is 6.92. The first-order chi connectivity index (χ1) is 16.7. The van der Waals surface area contributed by atoms with Gasteiger partial charge in [-0.15, -0.1) is 18.3 Å². The van der Waals surface area contributed by atoms with Crippen molar-refractivity contribution in [3.8, 4) is 22.8 Å².